The van der Waals surface area contributed by atoms with Gasteiger partial charge in [-0.1, -0.05) is 41.9 Å². The van der Waals surface area contributed by atoms with Crippen LogP contribution in [0.4, 0.5) is 0 Å². The van der Waals surface area contributed by atoms with E-state index in [0.717, 1.165) is 11.0 Å². The van der Waals surface area contributed by atoms with Gasteiger partial charge in [0.1, 0.15) is 0 Å². The number of nitrogens with one attached hydrogen (secondary N) is 1. The van der Waals surface area contributed by atoms with Crippen LogP contribution in [0.5, 0.6) is 0 Å². The van der Waals surface area contributed by atoms with E-state index in [2.05, 4.69) is 59.4 Å². The molecule has 16 heavy (non-hydrogen) atoms. The average Bonchev–Trinajstić information content (AvgIpc) is 2.16. The van der Waals surface area contributed by atoms with Gasteiger partial charge in [-0.3, -0.25) is 0 Å². The fraction of sp³-hybridized carbons (Fsp3) is 0.571. The summed E-state index contributed by atoms with van der Waals surface area (Å²) in [4.78, 5) is 0. The summed E-state index contributed by atoms with van der Waals surface area (Å²) in [7, 11) is 2.05. The van der Waals surface area contributed by atoms with Crippen LogP contribution in [0.3, 0.4) is 0 Å². The van der Waals surface area contributed by atoms with E-state index in [1.165, 1.54) is 18.4 Å². The van der Waals surface area contributed by atoms with Gasteiger partial charge in [-0.25, -0.2) is 0 Å². The average molecular weight is 282 g/mol. The van der Waals surface area contributed by atoms with Crippen LogP contribution in [0.2, 0.25) is 0 Å². The molecule has 0 atom stereocenters. The Morgan fingerprint density at radius 2 is 1.75 bits per heavy atom. The molecule has 1 aromatic rings. The predicted octanol–water partition coefficient (Wildman–Crippen LogP) is 3.73. The molecule has 88 valence electrons. The van der Waals surface area contributed by atoms with Gasteiger partial charge in [-0.2, -0.15) is 0 Å². The first kappa shape index (κ1) is 12.1. The summed E-state index contributed by atoms with van der Waals surface area (Å²) < 4.78 is 1.16. The summed E-state index contributed by atoms with van der Waals surface area (Å²) in [5.74, 6) is 0. The Kier molecular flexibility index (Phi) is 3.15. The molecule has 1 aromatic carbocycles. The summed E-state index contributed by atoms with van der Waals surface area (Å²) in [6.07, 6.45) is 2.56. The van der Waals surface area contributed by atoms with Crippen molar-refractivity contribution >= 4 is 15.9 Å². The molecule has 1 aliphatic carbocycles. The van der Waals surface area contributed by atoms with Crippen molar-refractivity contribution in [1.29, 1.82) is 0 Å². The van der Waals surface area contributed by atoms with E-state index in [4.69, 9.17) is 0 Å². The van der Waals surface area contributed by atoms with Crippen LogP contribution in [0.1, 0.15) is 32.3 Å². The van der Waals surface area contributed by atoms with Crippen molar-refractivity contribution in [2.45, 2.75) is 32.1 Å². The lowest BCUT2D eigenvalue weighted by Crippen LogP contribution is -2.51. The maximum absolute atomic E-state index is 3.50. The molecule has 1 nitrogen and oxygen atoms in total. The Bertz CT molecular complexity index is 359. The van der Waals surface area contributed by atoms with Crippen molar-refractivity contribution in [1.82, 2.24) is 5.32 Å². The first-order valence-electron chi connectivity index (χ1n) is 5.88. The molecule has 1 fully saturated rings. The van der Waals surface area contributed by atoms with Crippen LogP contribution in [-0.2, 0) is 5.41 Å². The number of halogens is 1. The quantitative estimate of drug-likeness (QED) is 0.890. The van der Waals surface area contributed by atoms with Crippen molar-refractivity contribution < 1.29 is 0 Å². The smallest absolute Gasteiger partial charge is 0.0175 e. The summed E-state index contributed by atoms with van der Waals surface area (Å²) >= 11 is 3.50. The van der Waals surface area contributed by atoms with Gasteiger partial charge >= 0.3 is 0 Å². The monoisotopic (exact) mass is 281 g/mol. The zero-order valence-electron chi connectivity index (χ0n) is 10.3. The second-order valence-electron chi connectivity index (χ2n) is 5.84. The largest absolute Gasteiger partial charge is 0.319 e. The van der Waals surface area contributed by atoms with Gasteiger partial charge < -0.3 is 5.32 Å². The van der Waals surface area contributed by atoms with E-state index in [0.29, 0.717) is 10.8 Å². The molecule has 0 aliphatic heterocycles. The van der Waals surface area contributed by atoms with Crippen LogP contribution < -0.4 is 5.32 Å². The van der Waals surface area contributed by atoms with Crippen molar-refractivity contribution in [3.8, 4) is 0 Å². The molecule has 0 saturated heterocycles. The van der Waals surface area contributed by atoms with Gasteiger partial charge in [-0.05, 0) is 43.0 Å². The Labute approximate surface area is 107 Å². The maximum Gasteiger partial charge on any atom is 0.0175 e. The zero-order valence-corrected chi connectivity index (χ0v) is 11.9. The number of likely N-dealkylation sites (N-methyl/N-ethyl adjacent to an activating group) is 1. The highest BCUT2D eigenvalue weighted by molar-refractivity contribution is 9.10. The zero-order chi connectivity index (χ0) is 11.8. The Morgan fingerprint density at radius 1 is 1.19 bits per heavy atom. The number of rotatable bonds is 3. The van der Waals surface area contributed by atoms with Crippen molar-refractivity contribution in [3.05, 3.63) is 34.3 Å². The molecular formula is C14H20BrN. The molecule has 0 heterocycles. The van der Waals surface area contributed by atoms with Gasteiger partial charge in [0.25, 0.3) is 0 Å². The molecule has 0 bridgehead atoms. The normalized spacial score (nSPS) is 21.5. The van der Waals surface area contributed by atoms with Gasteiger partial charge in [-0.15, -0.1) is 0 Å². The van der Waals surface area contributed by atoms with E-state index in [1.807, 2.05) is 7.05 Å². The minimum Gasteiger partial charge on any atom is -0.319 e. The molecule has 0 unspecified atom stereocenters. The number of hydrogen-bond donors (Lipinski definition) is 1. The number of hydrogen-bond acceptors (Lipinski definition) is 1. The molecule has 0 amide bonds. The topological polar surface area (TPSA) is 12.0 Å². The summed E-state index contributed by atoms with van der Waals surface area (Å²) in [5, 5.41) is 3.35. The van der Waals surface area contributed by atoms with Gasteiger partial charge in [0.05, 0.1) is 0 Å². The standard InChI is InChI=1S/C14H20BrN/c1-13(2)8-14(9-13,10-16-3)11-4-6-12(15)7-5-11/h4-7,16H,8-10H2,1-3H3. The second kappa shape index (κ2) is 4.15. The fourth-order valence-corrected chi connectivity index (χ4v) is 3.62. The number of benzene rings is 1. The molecule has 1 aliphatic rings. The highest BCUT2D eigenvalue weighted by atomic mass is 79.9. The van der Waals surface area contributed by atoms with Crippen LogP contribution in [-0.4, -0.2) is 13.6 Å². The van der Waals surface area contributed by atoms with Crippen molar-refractivity contribution in [3.63, 3.8) is 0 Å². The first-order valence-corrected chi connectivity index (χ1v) is 6.67. The maximum atomic E-state index is 3.50. The molecule has 1 N–H and O–H groups in total. The highest BCUT2D eigenvalue weighted by Gasteiger charge is 2.49. The van der Waals surface area contributed by atoms with Crippen LogP contribution >= 0.6 is 15.9 Å². The highest BCUT2D eigenvalue weighted by Crippen LogP contribution is 2.55. The van der Waals surface area contributed by atoms with Gasteiger partial charge in [0, 0.05) is 16.4 Å². The molecule has 1 saturated carbocycles. The third kappa shape index (κ3) is 2.18. The minimum absolute atomic E-state index is 0.360. The molecular weight excluding hydrogens is 262 g/mol. The lowest BCUT2D eigenvalue weighted by molar-refractivity contribution is 0.0578. The third-order valence-corrected chi connectivity index (χ3v) is 4.13. The molecule has 2 heteroatoms. The Hall–Kier alpha value is -0.340. The summed E-state index contributed by atoms with van der Waals surface area (Å²) in [6.45, 7) is 5.80. The van der Waals surface area contributed by atoms with E-state index in [-0.39, 0.29) is 0 Å². The first-order chi connectivity index (χ1) is 7.47. The lowest BCUT2D eigenvalue weighted by Gasteiger charge is -2.54. The van der Waals surface area contributed by atoms with Gasteiger partial charge in [0.15, 0.2) is 0 Å². The van der Waals surface area contributed by atoms with Crippen molar-refractivity contribution in [2.24, 2.45) is 5.41 Å². The molecule has 2 rings (SSSR count). The SMILES string of the molecule is CNCC1(c2ccc(Br)cc2)CC(C)(C)C1. The summed E-state index contributed by atoms with van der Waals surface area (Å²) in [6, 6.07) is 8.82. The Morgan fingerprint density at radius 3 is 2.19 bits per heavy atom. The van der Waals surface area contributed by atoms with Gasteiger partial charge in [0.2, 0.25) is 0 Å². The molecule has 0 radical (unpaired) electrons. The van der Waals surface area contributed by atoms with E-state index < -0.39 is 0 Å². The van der Waals surface area contributed by atoms with Crippen molar-refractivity contribution in [2.75, 3.05) is 13.6 Å². The minimum atomic E-state index is 0.360. The lowest BCUT2D eigenvalue weighted by atomic mass is 9.52. The summed E-state index contributed by atoms with van der Waals surface area (Å²) in [5.41, 5.74) is 2.34. The molecule has 0 spiro atoms. The fourth-order valence-electron chi connectivity index (χ4n) is 3.35. The van der Waals surface area contributed by atoms with Crippen LogP contribution in [0, 0.1) is 5.41 Å². The van der Waals surface area contributed by atoms with Crippen LogP contribution in [0.25, 0.3) is 0 Å². The van der Waals surface area contributed by atoms with E-state index >= 15 is 0 Å². The third-order valence-electron chi connectivity index (χ3n) is 3.61. The predicted molar refractivity (Wildman–Crippen MR) is 72.8 cm³/mol. The second-order valence-corrected chi connectivity index (χ2v) is 6.75. The van der Waals surface area contributed by atoms with Crippen LogP contribution in [0.15, 0.2) is 28.7 Å². The van der Waals surface area contributed by atoms with E-state index in [1.54, 1.807) is 0 Å². The molecule has 0 aromatic heterocycles. The van der Waals surface area contributed by atoms with E-state index in [9.17, 15) is 0 Å². The Balaban J connectivity index is 2.24.